The van der Waals surface area contributed by atoms with Gasteiger partial charge in [-0.25, -0.2) is 9.98 Å². The second-order valence-electron chi connectivity index (χ2n) is 18.9. The second kappa shape index (κ2) is 15.2. The number of nitrogens with zero attached hydrogens (tertiary/aromatic N) is 3. The van der Waals surface area contributed by atoms with Crippen LogP contribution in [0.5, 0.6) is 0 Å². The van der Waals surface area contributed by atoms with E-state index in [2.05, 4.69) is 224 Å². The second-order valence-corrected chi connectivity index (χ2v) is 19.9. The summed E-state index contributed by atoms with van der Waals surface area (Å²) in [6.07, 6.45) is 3.08. The normalized spacial score (nSPS) is 15.4. The van der Waals surface area contributed by atoms with E-state index in [-0.39, 0.29) is 5.92 Å². The Morgan fingerprint density at radius 1 is 0.457 bits per heavy atom. The van der Waals surface area contributed by atoms with E-state index >= 15 is 0 Å². The van der Waals surface area contributed by atoms with Crippen molar-refractivity contribution in [1.82, 2.24) is 4.57 Å². The van der Waals surface area contributed by atoms with Crippen molar-refractivity contribution in [2.45, 2.75) is 13.3 Å². The zero-order valence-electron chi connectivity index (χ0n) is 38.1. The maximum absolute atomic E-state index is 6.92. The molecule has 15 rings (SSSR count). The Labute approximate surface area is 406 Å². The van der Waals surface area contributed by atoms with E-state index in [1.807, 2.05) is 11.3 Å². The lowest BCUT2D eigenvalue weighted by molar-refractivity contribution is 0.669. The molecule has 1 aliphatic heterocycles. The van der Waals surface area contributed by atoms with Crippen molar-refractivity contribution >= 4 is 136 Å². The molecule has 0 fully saturated rings. The molecular formula is C65H41N3OS. The molecule has 1 aliphatic rings. The van der Waals surface area contributed by atoms with Crippen LogP contribution in [0, 0.1) is 5.92 Å². The van der Waals surface area contributed by atoms with Crippen molar-refractivity contribution < 1.29 is 4.42 Å². The highest BCUT2D eigenvalue weighted by Gasteiger charge is 2.26. The third-order valence-corrected chi connectivity index (χ3v) is 15.9. The van der Waals surface area contributed by atoms with Crippen molar-refractivity contribution in [2.24, 2.45) is 15.9 Å². The van der Waals surface area contributed by atoms with Gasteiger partial charge in [0.05, 0.1) is 28.1 Å². The summed E-state index contributed by atoms with van der Waals surface area (Å²) in [6.45, 7) is 2.31. The summed E-state index contributed by atoms with van der Waals surface area (Å²) >= 11 is 1.84. The Balaban J connectivity index is 1.05. The largest absolute Gasteiger partial charge is 0.456 e. The Morgan fingerprint density at radius 2 is 1.11 bits per heavy atom. The Morgan fingerprint density at radius 3 is 1.93 bits per heavy atom. The number of amidine groups is 1. The van der Waals surface area contributed by atoms with E-state index in [0.29, 0.717) is 5.84 Å². The quantitative estimate of drug-likeness (QED) is 0.173. The standard InChI is InChI=1S/C65H41N3OS/c1-38-25-30-54(66-65(50-23-12-18-39-13-4-7-19-45(39)50)67-64(38)44-26-29-49-48-22-10-11-24-60(48)70-61(49)35-44)51-37-59-53(63-47-21-9-6-15-41(47)28-32-58(63)69-59)36-57(51)68-55-31-27-40-14-5-8-20-46(40)62(55)52-33-42-16-2-3-17-43(42)34-56(52)68/h2-24,26-38H,25H2,1H3/b54-30+,66-65?,67-64?. The molecule has 4 heterocycles. The Hall–Kier alpha value is -8.64. The third-order valence-electron chi connectivity index (χ3n) is 14.8. The van der Waals surface area contributed by atoms with E-state index < -0.39 is 0 Å². The monoisotopic (exact) mass is 911 g/mol. The van der Waals surface area contributed by atoms with E-state index in [9.17, 15) is 0 Å². The van der Waals surface area contributed by atoms with Crippen molar-refractivity contribution in [1.29, 1.82) is 0 Å². The fraction of sp³-hybridized carbons (Fsp3) is 0.0462. The average molecular weight is 912 g/mol. The first-order chi connectivity index (χ1) is 34.6. The van der Waals surface area contributed by atoms with Gasteiger partial charge in [-0.3, -0.25) is 0 Å². The number of furan rings is 1. The van der Waals surface area contributed by atoms with Gasteiger partial charge in [-0.05, 0) is 104 Å². The van der Waals surface area contributed by atoms with Crippen LogP contribution in [0.25, 0.3) is 118 Å². The minimum absolute atomic E-state index is 0.0676. The van der Waals surface area contributed by atoms with E-state index in [0.717, 1.165) is 84.0 Å². The van der Waals surface area contributed by atoms with Gasteiger partial charge in [0, 0.05) is 58.8 Å². The van der Waals surface area contributed by atoms with Crippen LogP contribution < -0.4 is 0 Å². The van der Waals surface area contributed by atoms with E-state index in [4.69, 9.17) is 14.4 Å². The van der Waals surface area contributed by atoms with Crippen LogP contribution in [0.4, 0.5) is 0 Å². The molecule has 11 aromatic carbocycles. The van der Waals surface area contributed by atoms with Crippen LogP contribution in [0.2, 0.25) is 0 Å². The van der Waals surface area contributed by atoms with Crippen molar-refractivity contribution in [3.05, 3.63) is 229 Å². The molecule has 4 nitrogen and oxygen atoms in total. The number of rotatable bonds is 4. The number of aliphatic imine (C=N–C) groups is 2. The molecule has 0 bridgehead atoms. The first-order valence-corrected chi connectivity index (χ1v) is 24.9. The van der Waals surface area contributed by atoms with Gasteiger partial charge in [-0.2, -0.15) is 0 Å². The SMILES string of the molecule is CC1C/C=C(\c2cc3oc4ccc5ccccc5c4c3cc2-n2c3cc4ccccc4cc3c3c4ccccc4ccc32)N=C(c2cccc3ccccc23)N=C1c1ccc2c(c1)sc1ccccc12. The zero-order valence-corrected chi connectivity index (χ0v) is 39.0. The smallest absolute Gasteiger partial charge is 0.160 e. The van der Waals surface area contributed by atoms with Crippen molar-refractivity contribution in [3.63, 3.8) is 0 Å². The zero-order chi connectivity index (χ0) is 46.0. The molecule has 0 radical (unpaired) electrons. The number of hydrogen-bond acceptors (Lipinski definition) is 4. The topological polar surface area (TPSA) is 42.8 Å². The summed E-state index contributed by atoms with van der Waals surface area (Å²) in [5.74, 6) is 0.750. The highest BCUT2D eigenvalue weighted by atomic mass is 32.1. The van der Waals surface area contributed by atoms with E-state index in [1.165, 1.54) is 63.3 Å². The van der Waals surface area contributed by atoms with Crippen LogP contribution in [0.1, 0.15) is 30.0 Å². The van der Waals surface area contributed by atoms with E-state index in [1.54, 1.807) is 0 Å². The molecule has 1 atom stereocenters. The summed E-state index contributed by atoms with van der Waals surface area (Å²) in [5, 5.41) is 16.7. The number of allylic oxidation sites excluding steroid dienone is 1. The fourth-order valence-corrected chi connectivity index (χ4v) is 12.6. The van der Waals surface area contributed by atoms with Gasteiger partial charge in [0.1, 0.15) is 11.2 Å². The summed E-state index contributed by atoms with van der Waals surface area (Å²) in [7, 11) is 0. The third kappa shape index (κ3) is 5.95. The first kappa shape index (κ1) is 39.4. The summed E-state index contributed by atoms with van der Waals surface area (Å²) < 4.78 is 12.0. The lowest BCUT2D eigenvalue weighted by atomic mass is 9.92. The van der Waals surface area contributed by atoms with Gasteiger partial charge in [0.25, 0.3) is 0 Å². The lowest BCUT2D eigenvalue weighted by Crippen LogP contribution is -2.17. The fourth-order valence-electron chi connectivity index (χ4n) is 11.5. The van der Waals surface area contributed by atoms with Crippen LogP contribution in [-0.4, -0.2) is 16.1 Å². The highest BCUT2D eigenvalue weighted by molar-refractivity contribution is 7.25. The lowest BCUT2D eigenvalue weighted by Gasteiger charge is -2.21. The maximum atomic E-state index is 6.92. The van der Waals surface area contributed by atoms with Gasteiger partial charge in [-0.15, -0.1) is 11.3 Å². The number of fused-ring (bicyclic) bond motifs is 15. The molecule has 0 saturated heterocycles. The van der Waals surface area contributed by atoms with Gasteiger partial charge in [-0.1, -0.05) is 171 Å². The predicted molar refractivity (Wildman–Crippen MR) is 299 cm³/mol. The number of thiophene rings is 1. The minimum atomic E-state index is 0.0676. The number of hydrogen-bond donors (Lipinski definition) is 0. The minimum Gasteiger partial charge on any atom is -0.456 e. The molecule has 70 heavy (non-hydrogen) atoms. The van der Waals surface area contributed by atoms with Gasteiger partial charge >= 0.3 is 0 Å². The molecule has 0 aliphatic carbocycles. The van der Waals surface area contributed by atoms with Crippen LogP contribution in [0.3, 0.4) is 0 Å². The summed E-state index contributed by atoms with van der Waals surface area (Å²) in [6, 6.07) is 75.0. The molecular weight excluding hydrogens is 871 g/mol. The van der Waals surface area contributed by atoms with Gasteiger partial charge in [0.2, 0.25) is 0 Å². The Kier molecular flexibility index (Phi) is 8.54. The maximum Gasteiger partial charge on any atom is 0.160 e. The highest BCUT2D eigenvalue weighted by Crippen LogP contribution is 2.45. The number of benzene rings is 11. The molecule has 5 heteroatoms. The number of aromatic nitrogens is 1. The molecule has 0 saturated carbocycles. The van der Waals surface area contributed by atoms with Crippen LogP contribution >= 0.6 is 11.3 Å². The van der Waals surface area contributed by atoms with Gasteiger partial charge in [0.15, 0.2) is 5.84 Å². The first-order valence-electron chi connectivity index (χ1n) is 24.1. The Bertz CT molecular complexity index is 4650. The van der Waals surface area contributed by atoms with Crippen LogP contribution in [-0.2, 0) is 0 Å². The molecule has 1 unspecified atom stereocenters. The molecule has 0 amide bonds. The predicted octanol–water partition coefficient (Wildman–Crippen LogP) is 18.0. The molecule has 328 valence electrons. The molecule has 0 N–H and O–H groups in total. The van der Waals surface area contributed by atoms with Gasteiger partial charge < -0.3 is 8.98 Å². The average Bonchev–Trinajstić information content (AvgIpc) is 4.07. The molecule has 14 aromatic rings. The van der Waals surface area contributed by atoms with Crippen LogP contribution in [0.15, 0.2) is 227 Å². The summed E-state index contributed by atoms with van der Waals surface area (Å²) in [4.78, 5) is 11.5. The molecule has 3 aromatic heterocycles. The summed E-state index contributed by atoms with van der Waals surface area (Å²) in [5.41, 5.74) is 9.97. The van der Waals surface area contributed by atoms with Crippen molar-refractivity contribution in [3.8, 4) is 5.69 Å². The van der Waals surface area contributed by atoms with Crippen molar-refractivity contribution in [2.75, 3.05) is 0 Å². The molecule has 0 spiro atoms.